The number of piperidine rings is 1. The van der Waals surface area contributed by atoms with E-state index in [-0.39, 0.29) is 5.92 Å². The van der Waals surface area contributed by atoms with Crippen molar-refractivity contribution >= 4 is 0 Å². The summed E-state index contributed by atoms with van der Waals surface area (Å²) < 4.78 is 39.9. The zero-order valence-corrected chi connectivity index (χ0v) is 13.0. The summed E-state index contributed by atoms with van der Waals surface area (Å²) in [7, 11) is 0. The number of aryl methyl sites for hydroxylation is 1. The lowest BCUT2D eigenvalue weighted by Crippen LogP contribution is -2.34. The number of hydrogen-bond donors (Lipinski definition) is 1. The molecular formula is C15H20F3N5. The highest BCUT2D eigenvalue weighted by atomic mass is 19.4. The smallest absolute Gasteiger partial charge is 0.338 e. The zero-order chi connectivity index (χ0) is 16.4. The number of hydrogen-bond acceptors (Lipinski definition) is 3. The molecule has 1 atom stereocenters. The summed E-state index contributed by atoms with van der Waals surface area (Å²) in [5.74, 6) is 0.451. The molecule has 0 spiro atoms. The quantitative estimate of drug-likeness (QED) is 0.939. The molecular weight excluding hydrogens is 307 g/mol. The average molecular weight is 327 g/mol. The van der Waals surface area contributed by atoms with Crippen molar-refractivity contribution in [2.45, 2.75) is 44.9 Å². The third kappa shape index (κ3) is 3.74. The molecule has 0 saturated carbocycles. The van der Waals surface area contributed by atoms with Crippen LogP contribution in [0.25, 0.3) is 0 Å². The van der Waals surface area contributed by atoms with Gasteiger partial charge in [0.15, 0.2) is 0 Å². The molecule has 1 N–H and O–H groups in total. The van der Waals surface area contributed by atoms with Gasteiger partial charge < -0.3 is 4.98 Å². The maximum Gasteiger partial charge on any atom is 0.432 e. The van der Waals surface area contributed by atoms with Crippen molar-refractivity contribution < 1.29 is 13.2 Å². The summed E-state index contributed by atoms with van der Waals surface area (Å²) in [6, 6.07) is 0. The summed E-state index contributed by atoms with van der Waals surface area (Å²) in [5.41, 5.74) is 0.358. The summed E-state index contributed by atoms with van der Waals surface area (Å²) in [5, 5.41) is 4.25. The summed E-state index contributed by atoms with van der Waals surface area (Å²) in [6.45, 7) is 5.28. The van der Waals surface area contributed by atoms with E-state index in [1.807, 2.05) is 24.0 Å². The van der Waals surface area contributed by atoms with E-state index in [0.29, 0.717) is 12.4 Å². The Balaban J connectivity index is 1.64. The Bertz CT molecular complexity index is 646. The molecule has 5 nitrogen and oxygen atoms in total. The molecule has 23 heavy (non-hydrogen) atoms. The van der Waals surface area contributed by atoms with Gasteiger partial charge in [-0.1, -0.05) is 0 Å². The fourth-order valence-corrected chi connectivity index (χ4v) is 3.03. The Kier molecular flexibility index (Phi) is 4.43. The second-order valence-electron chi connectivity index (χ2n) is 5.96. The van der Waals surface area contributed by atoms with E-state index >= 15 is 0 Å². The number of imidazole rings is 1. The number of alkyl halides is 3. The summed E-state index contributed by atoms with van der Waals surface area (Å²) in [4.78, 5) is 8.64. The van der Waals surface area contributed by atoms with E-state index in [1.165, 1.54) is 0 Å². The number of aromatic nitrogens is 4. The van der Waals surface area contributed by atoms with E-state index in [0.717, 1.165) is 44.2 Å². The first kappa shape index (κ1) is 16.0. The maximum absolute atomic E-state index is 12.7. The third-order valence-electron chi connectivity index (χ3n) is 4.21. The van der Waals surface area contributed by atoms with Gasteiger partial charge in [0.25, 0.3) is 0 Å². The molecule has 1 aliphatic heterocycles. The van der Waals surface area contributed by atoms with Crippen LogP contribution in [0.3, 0.4) is 0 Å². The number of nitrogens with one attached hydrogen (secondary N) is 1. The van der Waals surface area contributed by atoms with Crippen LogP contribution in [0, 0.1) is 0 Å². The van der Waals surface area contributed by atoms with Gasteiger partial charge in [0.05, 0.1) is 12.4 Å². The molecule has 0 amide bonds. The molecule has 0 bridgehead atoms. The molecule has 126 valence electrons. The maximum atomic E-state index is 12.7. The molecule has 3 rings (SSSR count). The molecule has 2 aromatic heterocycles. The Morgan fingerprint density at radius 2 is 2.17 bits per heavy atom. The van der Waals surface area contributed by atoms with E-state index < -0.39 is 11.9 Å². The van der Waals surface area contributed by atoms with E-state index in [2.05, 4.69) is 20.0 Å². The van der Waals surface area contributed by atoms with Crippen molar-refractivity contribution in [3.05, 3.63) is 35.7 Å². The summed E-state index contributed by atoms with van der Waals surface area (Å²) in [6.07, 6.45) is 2.19. The second kappa shape index (κ2) is 6.35. The van der Waals surface area contributed by atoms with Crippen LogP contribution in [0.2, 0.25) is 0 Å². The first-order valence-electron chi connectivity index (χ1n) is 7.81. The van der Waals surface area contributed by atoms with E-state index in [1.54, 1.807) is 0 Å². The predicted octanol–water partition coefficient (Wildman–Crippen LogP) is 3.02. The fourth-order valence-electron chi connectivity index (χ4n) is 3.03. The van der Waals surface area contributed by atoms with Gasteiger partial charge in [-0.15, -0.1) is 0 Å². The minimum absolute atomic E-state index is 0.0149. The molecule has 8 heteroatoms. The van der Waals surface area contributed by atoms with Crippen molar-refractivity contribution in [3.63, 3.8) is 0 Å². The molecule has 0 aromatic carbocycles. The van der Waals surface area contributed by atoms with Gasteiger partial charge in [-0.05, 0) is 26.3 Å². The Labute approximate surface area is 132 Å². The first-order chi connectivity index (χ1) is 11.0. The van der Waals surface area contributed by atoms with Crippen LogP contribution in [0.15, 0.2) is 18.6 Å². The molecule has 1 saturated heterocycles. The van der Waals surface area contributed by atoms with Crippen molar-refractivity contribution in [2.24, 2.45) is 0 Å². The monoisotopic (exact) mass is 327 g/mol. The number of likely N-dealkylation sites (tertiary alicyclic amines) is 1. The van der Waals surface area contributed by atoms with Gasteiger partial charge >= 0.3 is 6.18 Å². The van der Waals surface area contributed by atoms with Crippen LogP contribution in [-0.2, 0) is 19.3 Å². The standard InChI is InChI=1S/C15H20F3N5/c1-2-23-9-11(6-20-23)8-22-5-3-4-12(10-22)14-19-7-13(21-14)15(16,17)18/h6-7,9,12H,2-5,8,10H2,1H3,(H,19,21). The molecule has 3 heterocycles. The summed E-state index contributed by atoms with van der Waals surface area (Å²) >= 11 is 0. The van der Waals surface area contributed by atoms with Crippen LogP contribution in [0.1, 0.15) is 42.8 Å². The SMILES string of the molecule is CCn1cc(CN2CCCC(c3ncc(C(F)(F)F)[nH]3)C2)cn1. The lowest BCUT2D eigenvalue weighted by Gasteiger charge is -2.31. The minimum atomic E-state index is -4.37. The highest BCUT2D eigenvalue weighted by Crippen LogP contribution is 2.31. The molecule has 0 radical (unpaired) electrons. The van der Waals surface area contributed by atoms with Crippen LogP contribution in [-0.4, -0.2) is 37.7 Å². The number of halogens is 3. The van der Waals surface area contributed by atoms with E-state index in [9.17, 15) is 13.2 Å². The number of aromatic amines is 1. The molecule has 0 aliphatic carbocycles. The topological polar surface area (TPSA) is 49.7 Å². The van der Waals surface area contributed by atoms with Gasteiger partial charge in [-0.2, -0.15) is 18.3 Å². The Morgan fingerprint density at radius 3 is 2.83 bits per heavy atom. The van der Waals surface area contributed by atoms with Crippen LogP contribution < -0.4 is 0 Å². The van der Waals surface area contributed by atoms with Crippen molar-refractivity contribution in [2.75, 3.05) is 13.1 Å². The lowest BCUT2D eigenvalue weighted by atomic mass is 9.97. The fraction of sp³-hybridized carbons (Fsp3) is 0.600. The normalized spacial score (nSPS) is 20.1. The molecule has 2 aromatic rings. The van der Waals surface area contributed by atoms with E-state index in [4.69, 9.17) is 0 Å². The van der Waals surface area contributed by atoms with Crippen molar-refractivity contribution in [3.8, 4) is 0 Å². The first-order valence-corrected chi connectivity index (χ1v) is 7.81. The van der Waals surface area contributed by atoms with Gasteiger partial charge in [-0.25, -0.2) is 4.98 Å². The highest BCUT2D eigenvalue weighted by molar-refractivity contribution is 5.10. The van der Waals surface area contributed by atoms with Gasteiger partial charge in [0.2, 0.25) is 0 Å². The largest absolute Gasteiger partial charge is 0.432 e. The van der Waals surface area contributed by atoms with Crippen LogP contribution in [0.4, 0.5) is 13.2 Å². The zero-order valence-electron chi connectivity index (χ0n) is 13.0. The molecule has 1 fully saturated rings. The second-order valence-corrected chi connectivity index (χ2v) is 5.96. The van der Waals surface area contributed by atoms with Crippen molar-refractivity contribution in [1.29, 1.82) is 0 Å². The predicted molar refractivity (Wildman–Crippen MR) is 78.7 cm³/mol. The highest BCUT2D eigenvalue weighted by Gasteiger charge is 2.34. The van der Waals surface area contributed by atoms with Gasteiger partial charge in [-0.3, -0.25) is 9.58 Å². The van der Waals surface area contributed by atoms with Crippen LogP contribution >= 0.6 is 0 Å². The number of H-pyrrole nitrogens is 1. The Morgan fingerprint density at radius 1 is 1.35 bits per heavy atom. The Hall–Kier alpha value is -1.83. The molecule has 1 aliphatic rings. The molecule has 1 unspecified atom stereocenters. The van der Waals surface area contributed by atoms with Gasteiger partial charge in [0, 0.05) is 37.3 Å². The minimum Gasteiger partial charge on any atom is -0.338 e. The third-order valence-corrected chi connectivity index (χ3v) is 4.21. The average Bonchev–Trinajstić information content (AvgIpc) is 3.16. The van der Waals surface area contributed by atoms with Gasteiger partial charge in [0.1, 0.15) is 11.5 Å². The lowest BCUT2D eigenvalue weighted by molar-refractivity contribution is -0.141. The number of nitrogens with zero attached hydrogens (tertiary/aromatic N) is 4. The van der Waals surface area contributed by atoms with Crippen LogP contribution in [0.5, 0.6) is 0 Å². The number of rotatable bonds is 4. The van der Waals surface area contributed by atoms with Crippen molar-refractivity contribution in [1.82, 2.24) is 24.6 Å².